The van der Waals surface area contributed by atoms with E-state index in [1.165, 1.54) is 4.90 Å². The number of ether oxygens (including phenoxy) is 1. The van der Waals surface area contributed by atoms with Crippen molar-refractivity contribution in [3.05, 3.63) is 70.8 Å². The van der Waals surface area contributed by atoms with Crippen molar-refractivity contribution in [2.45, 2.75) is 45.8 Å². The molecule has 0 saturated heterocycles. The monoisotopic (exact) mass is 541 g/mol. The van der Waals surface area contributed by atoms with E-state index in [4.69, 9.17) is 4.74 Å². The quantitative estimate of drug-likeness (QED) is 0.482. The van der Waals surface area contributed by atoms with Crippen LogP contribution < -0.4 is 15.4 Å². The number of rotatable bonds is 1. The van der Waals surface area contributed by atoms with E-state index in [-0.39, 0.29) is 26.2 Å². The molecule has 0 aliphatic carbocycles. The minimum absolute atomic E-state index is 0.000881. The molecule has 1 aromatic carbocycles. The lowest BCUT2D eigenvalue weighted by molar-refractivity contribution is -0.122. The van der Waals surface area contributed by atoms with E-state index in [1.54, 1.807) is 36.0 Å². The van der Waals surface area contributed by atoms with Gasteiger partial charge in [0.1, 0.15) is 23.3 Å². The second-order valence-electron chi connectivity index (χ2n) is 9.22. The first-order valence-corrected chi connectivity index (χ1v) is 12.5. The van der Waals surface area contributed by atoms with Crippen LogP contribution in [0.25, 0.3) is 0 Å². The summed E-state index contributed by atoms with van der Waals surface area (Å²) in [6.45, 7) is 4.48. The lowest BCUT2D eigenvalue weighted by Gasteiger charge is -2.22. The second-order valence-corrected chi connectivity index (χ2v) is 9.22. The number of hydrogen-bond acceptors (Lipinski definition) is 7. The maximum absolute atomic E-state index is 14.3. The van der Waals surface area contributed by atoms with E-state index >= 15 is 0 Å². The summed E-state index contributed by atoms with van der Waals surface area (Å²) in [6, 6.07) is 4.97. The van der Waals surface area contributed by atoms with Crippen LogP contribution in [0.3, 0.4) is 0 Å². The Morgan fingerprint density at radius 3 is 2.77 bits per heavy atom. The van der Waals surface area contributed by atoms with Crippen molar-refractivity contribution in [3.8, 4) is 5.75 Å². The number of hydrogen-bond donors (Lipinski definition) is 2. The van der Waals surface area contributed by atoms with Gasteiger partial charge in [0.2, 0.25) is 5.91 Å². The first kappa shape index (κ1) is 27.6. The fourth-order valence-electron chi connectivity index (χ4n) is 4.01. The maximum atomic E-state index is 14.3. The molecule has 0 unspecified atom stereocenters. The van der Waals surface area contributed by atoms with Crippen molar-refractivity contribution in [1.29, 1.82) is 0 Å². The van der Waals surface area contributed by atoms with Crippen molar-refractivity contribution in [1.82, 2.24) is 35.5 Å². The van der Waals surface area contributed by atoms with Gasteiger partial charge in [0, 0.05) is 32.1 Å². The molecule has 3 heterocycles. The molecule has 1 atom stereocenters. The molecule has 0 fully saturated rings. The summed E-state index contributed by atoms with van der Waals surface area (Å²) in [6.07, 6.45) is 3.29. The minimum atomic E-state index is -1.08. The van der Waals surface area contributed by atoms with E-state index in [2.05, 4.69) is 25.9 Å². The van der Waals surface area contributed by atoms with Crippen molar-refractivity contribution < 1.29 is 27.9 Å². The van der Waals surface area contributed by atoms with Crippen molar-refractivity contribution in [3.63, 3.8) is 0 Å². The molecule has 39 heavy (non-hydrogen) atoms. The average molecular weight is 542 g/mol. The van der Waals surface area contributed by atoms with E-state index in [0.717, 1.165) is 11.8 Å². The topological polar surface area (TPSA) is 131 Å². The number of nitrogens with zero attached hydrogens (tertiary/aromatic N) is 5. The standard InChI is InChI=1S/C26H29F2N7O4/c1-16-5-6-20-22(11-16)39-10-4-9-35-15-19(32-33-35)14-34(26(38)23-21(28)12-18(27)13-30-23)8-3-7-29-24(36)17(2)31-25(20)37/h5-6,11-13,15,17H,3-4,7-10,14H2,1-2H3,(H,29,36)(H,31,37)/t17-/m1/s1. The van der Waals surface area contributed by atoms with Gasteiger partial charge in [0.15, 0.2) is 11.5 Å². The van der Waals surface area contributed by atoms with Crippen molar-refractivity contribution >= 4 is 17.7 Å². The highest BCUT2D eigenvalue weighted by Crippen LogP contribution is 2.21. The van der Waals surface area contributed by atoms with Crippen LogP contribution in [0.5, 0.6) is 5.75 Å². The van der Waals surface area contributed by atoms with Gasteiger partial charge in [0.25, 0.3) is 11.8 Å². The van der Waals surface area contributed by atoms with Gasteiger partial charge in [-0.05, 0) is 38.0 Å². The summed E-state index contributed by atoms with van der Waals surface area (Å²) >= 11 is 0. The number of aromatic nitrogens is 4. The molecule has 0 radical (unpaired) electrons. The largest absolute Gasteiger partial charge is 0.493 e. The predicted molar refractivity (Wildman–Crippen MR) is 135 cm³/mol. The smallest absolute Gasteiger partial charge is 0.275 e. The number of benzene rings is 1. The van der Waals surface area contributed by atoms with Gasteiger partial charge < -0.3 is 20.3 Å². The number of halogens is 2. The Bertz CT molecular complexity index is 1360. The number of aryl methyl sites for hydroxylation is 2. The van der Waals surface area contributed by atoms with E-state index in [9.17, 15) is 23.2 Å². The zero-order valence-corrected chi connectivity index (χ0v) is 21.6. The van der Waals surface area contributed by atoms with E-state index in [0.29, 0.717) is 42.5 Å². The van der Waals surface area contributed by atoms with Gasteiger partial charge in [-0.1, -0.05) is 11.3 Å². The molecule has 1 aliphatic rings. The van der Waals surface area contributed by atoms with Crippen molar-refractivity contribution in [2.75, 3.05) is 19.7 Å². The van der Waals surface area contributed by atoms with Gasteiger partial charge in [-0.25, -0.2) is 13.8 Å². The van der Waals surface area contributed by atoms with Crippen LogP contribution in [-0.2, 0) is 17.9 Å². The van der Waals surface area contributed by atoms with Gasteiger partial charge >= 0.3 is 0 Å². The van der Waals surface area contributed by atoms with Crippen LogP contribution in [0.4, 0.5) is 8.78 Å². The highest BCUT2D eigenvalue weighted by molar-refractivity contribution is 5.99. The zero-order valence-electron chi connectivity index (χ0n) is 21.6. The highest BCUT2D eigenvalue weighted by Gasteiger charge is 2.24. The molecule has 4 rings (SSSR count). The summed E-state index contributed by atoms with van der Waals surface area (Å²) in [7, 11) is 0. The number of pyridine rings is 1. The Balaban J connectivity index is 1.54. The lowest BCUT2D eigenvalue weighted by Crippen LogP contribution is -2.45. The summed E-state index contributed by atoms with van der Waals surface area (Å²) in [5.41, 5.74) is 1.17. The Hall–Kier alpha value is -4.42. The first-order valence-electron chi connectivity index (χ1n) is 12.5. The molecular formula is C26H29F2N7O4. The Labute approximate surface area is 223 Å². The molecule has 2 bridgehead atoms. The maximum Gasteiger partial charge on any atom is 0.275 e. The average Bonchev–Trinajstić information content (AvgIpc) is 3.34. The number of amides is 3. The molecule has 2 aromatic heterocycles. The van der Waals surface area contributed by atoms with Crippen LogP contribution in [0.1, 0.15) is 51.9 Å². The number of fused-ring (bicyclic) bond motifs is 3. The summed E-state index contributed by atoms with van der Waals surface area (Å²) in [4.78, 5) is 43.5. The van der Waals surface area contributed by atoms with Crippen LogP contribution in [-0.4, -0.2) is 68.3 Å². The fourth-order valence-corrected chi connectivity index (χ4v) is 4.01. The summed E-state index contributed by atoms with van der Waals surface area (Å²) in [5.74, 6) is -3.17. The van der Waals surface area contributed by atoms with Crippen molar-refractivity contribution in [2.24, 2.45) is 0 Å². The Morgan fingerprint density at radius 2 is 1.97 bits per heavy atom. The molecule has 0 spiro atoms. The Kier molecular flexibility index (Phi) is 8.79. The molecule has 0 saturated carbocycles. The SMILES string of the molecule is Cc1ccc2c(c1)OCCCn1cc(nn1)CN(C(=O)c1ncc(F)cc1F)CCCNC(=O)[C@@H](C)NC2=O. The molecule has 13 heteroatoms. The summed E-state index contributed by atoms with van der Waals surface area (Å²) < 4.78 is 35.1. The third kappa shape index (κ3) is 7.12. The van der Waals surface area contributed by atoms with Crippen LogP contribution in [0.15, 0.2) is 36.7 Å². The van der Waals surface area contributed by atoms with Crippen LogP contribution in [0, 0.1) is 18.6 Å². The van der Waals surface area contributed by atoms with Gasteiger partial charge in [-0.15, -0.1) is 5.10 Å². The number of nitrogens with one attached hydrogen (secondary N) is 2. The lowest BCUT2D eigenvalue weighted by atomic mass is 10.1. The molecule has 2 N–H and O–H groups in total. The normalized spacial score (nSPS) is 17.5. The third-order valence-corrected chi connectivity index (χ3v) is 6.05. The number of carbonyl (C=O) groups is 3. The molecule has 206 valence electrons. The zero-order chi connectivity index (χ0) is 27.9. The number of carbonyl (C=O) groups excluding carboxylic acids is 3. The van der Waals surface area contributed by atoms with Gasteiger partial charge in [0.05, 0.1) is 31.1 Å². The minimum Gasteiger partial charge on any atom is -0.493 e. The van der Waals surface area contributed by atoms with Gasteiger partial charge in [-0.2, -0.15) is 0 Å². The van der Waals surface area contributed by atoms with Gasteiger partial charge in [-0.3, -0.25) is 19.1 Å². The van der Waals surface area contributed by atoms with E-state index in [1.807, 2.05) is 6.92 Å². The summed E-state index contributed by atoms with van der Waals surface area (Å²) in [5, 5.41) is 13.6. The fraction of sp³-hybridized carbons (Fsp3) is 0.385. The molecule has 1 aliphatic heterocycles. The van der Waals surface area contributed by atoms with Crippen LogP contribution >= 0.6 is 0 Å². The predicted octanol–water partition coefficient (Wildman–Crippen LogP) is 2.01. The molecule has 11 nitrogen and oxygen atoms in total. The molecule has 3 aromatic rings. The van der Waals surface area contributed by atoms with Crippen LogP contribution in [0.2, 0.25) is 0 Å². The molecular weight excluding hydrogens is 512 g/mol. The third-order valence-electron chi connectivity index (χ3n) is 6.05. The molecule has 3 amide bonds. The first-order chi connectivity index (χ1) is 18.7. The second kappa shape index (κ2) is 12.4. The Morgan fingerprint density at radius 1 is 1.15 bits per heavy atom. The van der Waals surface area contributed by atoms with E-state index < -0.39 is 41.1 Å². The highest BCUT2D eigenvalue weighted by atomic mass is 19.1.